The highest BCUT2D eigenvalue weighted by Crippen LogP contribution is 2.42. The number of fused-ring (bicyclic) bond motifs is 7. The third-order valence-corrected chi connectivity index (χ3v) is 7.15. The van der Waals surface area contributed by atoms with Gasteiger partial charge in [0.1, 0.15) is 0 Å². The normalized spacial score (nSPS) is 15.4. The first-order chi connectivity index (χ1) is 15.9. The highest BCUT2D eigenvalue weighted by Gasteiger charge is 2.25. The van der Waals surface area contributed by atoms with Gasteiger partial charge in [0.2, 0.25) is 0 Å². The van der Waals surface area contributed by atoms with Crippen LogP contribution in [0.15, 0.2) is 79.1 Å². The Morgan fingerprint density at radius 2 is 1.44 bits per heavy atom. The van der Waals surface area contributed by atoms with Gasteiger partial charge < -0.3 is 9.13 Å². The maximum absolute atomic E-state index is 5.04. The number of nitrogens with zero attached hydrogens (tertiary/aromatic N) is 4. The second-order valence-electron chi connectivity index (χ2n) is 8.94. The summed E-state index contributed by atoms with van der Waals surface area (Å²) >= 11 is 0. The van der Waals surface area contributed by atoms with Crippen molar-refractivity contribution in [3.8, 4) is 5.69 Å². The molecule has 0 saturated heterocycles. The van der Waals surface area contributed by atoms with Crippen LogP contribution in [0.4, 0.5) is 0 Å². The Labute approximate surface area is 186 Å². The number of pyridine rings is 2. The van der Waals surface area contributed by atoms with E-state index in [1.807, 2.05) is 18.5 Å². The van der Waals surface area contributed by atoms with Crippen molar-refractivity contribution in [1.82, 2.24) is 19.1 Å². The molecule has 1 aliphatic rings. The third-order valence-electron chi connectivity index (χ3n) is 7.15. The number of para-hydroxylation sites is 2. The van der Waals surface area contributed by atoms with Crippen molar-refractivity contribution in [2.24, 2.45) is 0 Å². The SMILES string of the molecule is c1ccc(-n2c3cccnc3c3cnc4c5ccccc5n(C5CCCCC5)c4c32)cc1. The predicted octanol–water partition coefficient (Wildman–Crippen LogP) is 7.19. The topological polar surface area (TPSA) is 35.6 Å². The van der Waals surface area contributed by atoms with E-state index in [4.69, 9.17) is 9.97 Å². The summed E-state index contributed by atoms with van der Waals surface area (Å²) < 4.78 is 5.00. The number of rotatable bonds is 2. The standard InChI is InChI=1S/C28H24N4/c1-3-10-19(11-4-1)31-23-15-8-7-14-21(23)26-28(31)27-22(18-30-26)25-24(16-9-17-29-25)32(27)20-12-5-2-6-13-20/h2,5-9,12-19H,1,3-4,10-11H2. The summed E-state index contributed by atoms with van der Waals surface area (Å²) in [5.41, 5.74) is 8.16. The Hall–Kier alpha value is -3.66. The zero-order valence-electron chi connectivity index (χ0n) is 17.9. The van der Waals surface area contributed by atoms with Crippen molar-refractivity contribution in [2.75, 3.05) is 0 Å². The second kappa shape index (κ2) is 6.92. The molecule has 1 saturated carbocycles. The zero-order chi connectivity index (χ0) is 21.1. The van der Waals surface area contributed by atoms with Crippen LogP contribution in [0.3, 0.4) is 0 Å². The molecule has 4 heteroatoms. The van der Waals surface area contributed by atoms with Crippen molar-refractivity contribution in [3.05, 3.63) is 79.1 Å². The van der Waals surface area contributed by atoms with Gasteiger partial charge in [0.15, 0.2) is 0 Å². The Morgan fingerprint density at radius 3 is 2.31 bits per heavy atom. The fourth-order valence-electron chi connectivity index (χ4n) is 5.79. The molecule has 7 rings (SSSR count). The molecule has 0 N–H and O–H groups in total. The van der Waals surface area contributed by atoms with E-state index in [1.54, 1.807) is 0 Å². The monoisotopic (exact) mass is 416 g/mol. The first kappa shape index (κ1) is 18.0. The lowest BCUT2D eigenvalue weighted by molar-refractivity contribution is 0.367. The van der Waals surface area contributed by atoms with Crippen molar-refractivity contribution < 1.29 is 0 Å². The fraction of sp³-hybridized carbons (Fsp3) is 0.214. The van der Waals surface area contributed by atoms with E-state index in [0.29, 0.717) is 6.04 Å². The molecule has 0 atom stereocenters. The maximum Gasteiger partial charge on any atom is 0.0982 e. The van der Waals surface area contributed by atoms with Gasteiger partial charge in [-0.3, -0.25) is 9.97 Å². The zero-order valence-corrected chi connectivity index (χ0v) is 17.9. The number of hydrogen-bond donors (Lipinski definition) is 0. The van der Waals surface area contributed by atoms with Crippen LogP contribution in [0.25, 0.3) is 49.6 Å². The molecule has 4 heterocycles. The molecule has 1 fully saturated rings. The molecular weight excluding hydrogens is 392 g/mol. The summed E-state index contributed by atoms with van der Waals surface area (Å²) in [4.78, 5) is 9.82. The van der Waals surface area contributed by atoms with Gasteiger partial charge in [0.05, 0.1) is 33.1 Å². The second-order valence-corrected chi connectivity index (χ2v) is 8.94. The summed E-state index contributed by atoms with van der Waals surface area (Å²) in [6.45, 7) is 0. The van der Waals surface area contributed by atoms with Gasteiger partial charge in [-0.1, -0.05) is 55.7 Å². The van der Waals surface area contributed by atoms with Gasteiger partial charge in [-0.15, -0.1) is 0 Å². The molecule has 156 valence electrons. The largest absolute Gasteiger partial charge is 0.334 e. The van der Waals surface area contributed by atoms with Crippen LogP contribution in [0, 0.1) is 0 Å². The molecule has 0 unspecified atom stereocenters. The van der Waals surface area contributed by atoms with E-state index in [9.17, 15) is 0 Å². The highest BCUT2D eigenvalue weighted by molar-refractivity contribution is 6.20. The number of benzene rings is 2. The van der Waals surface area contributed by atoms with E-state index in [-0.39, 0.29) is 0 Å². The van der Waals surface area contributed by atoms with Gasteiger partial charge in [0.25, 0.3) is 0 Å². The minimum atomic E-state index is 0.508. The first-order valence-electron chi connectivity index (χ1n) is 11.6. The minimum absolute atomic E-state index is 0.508. The molecular formula is C28H24N4. The van der Waals surface area contributed by atoms with Crippen molar-refractivity contribution in [2.45, 2.75) is 38.1 Å². The summed E-state index contributed by atoms with van der Waals surface area (Å²) in [7, 11) is 0. The van der Waals surface area contributed by atoms with Gasteiger partial charge in [-0.25, -0.2) is 0 Å². The van der Waals surface area contributed by atoms with Crippen molar-refractivity contribution in [1.29, 1.82) is 0 Å². The Kier molecular flexibility index (Phi) is 3.89. The molecule has 0 amide bonds. The molecule has 4 aromatic heterocycles. The summed E-state index contributed by atoms with van der Waals surface area (Å²) in [5, 5.41) is 2.37. The average molecular weight is 417 g/mol. The molecule has 2 aromatic carbocycles. The fourth-order valence-corrected chi connectivity index (χ4v) is 5.79. The van der Waals surface area contributed by atoms with E-state index in [0.717, 1.165) is 27.6 Å². The molecule has 0 aliphatic heterocycles. The van der Waals surface area contributed by atoms with Gasteiger partial charge in [-0.05, 0) is 43.2 Å². The molecule has 0 spiro atoms. The lowest BCUT2D eigenvalue weighted by Crippen LogP contribution is -2.13. The Balaban J connectivity index is 1.73. The predicted molar refractivity (Wildman–Crippen MR) is 131 cm³/mol. The van der Waals surface area contributed by atoms with Crippen LogP contribution in [0.1, 0.15) is 38.1 Å². The van der Waals surface area contributed by atoms with Gasteiger partial charge in [-0.2, -0.15) is 0 Å². The first-order valence-corrected chi connectivity index (χ1v) is 11.6. The average Bonchev–Trinajstić information content (AvgIpc) is 3.38. The van der Waals surface area contributed by atoms with Crippen molar-refractivity contribution >= 4 is 43.9 Å². The van der Waals surface area contributed by atoms with Crippen LogP contribution in [0.5, 0.6) is 0 Å². The van der Waals surface area contributed by atoms with Gasteiger partial charge >= 0.3 is 0 Å². The summed E-state index contributed by atoms with van der Waals surface area (Å²) in [5.74, 6) is 0. The highest BCUT2D eigenvalue weighted by atomic mass is 15.1. The van der Waals surface area contributed by atoms with Crippen LogP contribution in [-0.2, 0) is 0 Å². The Morgan fingerprint density at radius 1 is 0.656 bits per heavy atom. The van der Waals surface area contributed by atoms with Crippen LogP contribution in [0.2, 0.25) is 0 Å². The lowest BCUT2D eigenvalue weighted by atomic mass is 9.95. The molecule has 6 aromatic rings. The Bertz CT molecular complexity index is 1600. The quantitative estimate of drug-likeness (QED) is 0.299. The summed E-state index contributed by atoms with van der Waals surface area (Å²) in [6.07, 6.45) is 10.3. The minimum Gasteiger partial charge on any atom is -0.334 e. The molecule has 4 nitrogen and oxygen atoms in total. The number of aromatic nitrogens is 4. The molecule has 0 radical (unpaired) electrons. The van der Waals surface area contributed by atoms with Crippen LogP contribution >= 0.6 is 0 Å². The van der Waals surface area contributed by atoms with Crippen LogP contribution in [-0.4, -0.2) is 19.1 Å². The third kappa shape index (κ3) is 2.44. The van der Waals surface area contributed by atoms with E-state index < -0.39 is 0 Å². The number of hydrogen-bond acceptors (Lipinski definition) is 2. The van der Waals surface area contributed by atoms with Crippen molar-refractivity contribution in [3.63, 3.8) is 0 Å². The molecule has 1 aliphatic carbocycles. The van der Waals surface area contributed by atoms with Crippen LogP contribution < -0.4 is 0 Å². The smallest absolute Gasteiger partial charge is 0.0982 e. The van der Waals surface area contributed by atoms with Gasteiger partial charge in [0, 0.05) is 34.9 Å². The maximum atomic E-state index is 5.04. The molecule has 0 bridgehead atoms. The molecule has 32 heavy (non-hydrogen) atoms. The summed E-state index contributed by atoms with van der Waals surface area (Å²) in [6, 6.07) is 24.2. The van der Waals surface area contributed by atoms with E-state index in [1.165, 1.54) is 54.0 Å². The lowest BCUT2D eigenvalue weighted by Gasteiger charge is -2.25. The van der Waals surface area contributed by atoms with E-state index in [2.05, 4.69) is 69.8 Å². The van der Waals surface area contributed by atoms with E-state index >= 15 is 0 Å².